The number of esters is 1. The van der Waals surface area contributed by atoms with Crippen LogP contribution in [-0.2, 0) is 60.7 Å². The Labute approximate surface area is 462 Å². The number of likely N-dealkylation sites (N-methyl/N-ethyl adjacent to an activating group) is 3. The van der Waals surface area contributed by atoms with Crippen molar-refractivity contribution in [2.75, 3.05) is 27.7 Å². The van der Waals surface area contributed by atoms with Crippen LogP contribution in [0.4, 0.5) is 0 Å². The van der Waals surface area contributed by atoms with Crippen molar-refractivity contribution in [1.82, 2.24) is 40.9 Å². The molecule has 8 amide bonds. The average Bonchev–Trinajstić information content (AvgIpc) is 3.89. The second-order valence-corrected chi connectivity index (χ2v) is 23.3. The Balaban J connectivity index is 1.95. The minimum atomic E-state index is -1.97. The van der Waals surface area contributed by atoms with Crippen LogP contribution in [0.3, 0.4) is 0 Å². The molecular weight excluding hydrogens is 997 g/mol. The first-order chi connectivity index (χ1) is 36.5. The third-order valence-electron chi connectivity index (χ3n) is 15.4. The van der Waals surface area contributed by atoms with Crippen LogP contribution in [-0.4, -0.2) is 166 Å². The Kier molecular flexibility index (Phi) is 23.4. The Hall–Kier alpha value is -6.37. The van der Waals surface area contributed by atoms with E-state index in [1.165, 1.54) is 49.7 Å². The van der Waals surface area contributed by atoms with Crippen LogP contribution in [0, 0.1) is 29.6 Å². The summed E-state index contributed by atoms with van der Waals surface area (Å²) in [5.41, 5.74) is -0.553. The van der Waals surface area contributed by atoms with Crippen LogP contribution >= 0.6 is 0 Å². The Bertz CT molecular complexity index is 2390. The molecule has 2 aliphatic heterocycles. The molecule has 0 aromatic heterocycles. The van der Waals surface area contributed by atoms with Crippen molar-refractivity contribution in [3.63, 3.8) is 0 Å². The second kappa shape index (κ2) is 28.5. The zero-order valence-corrected chi connectivity index (χ0v) is 48.8. The van der Waals surface area contributed by atoms with Crippen LogP contribution in [0.25, 0.3) is 0 Å². The van der Waals surface area contributed by atoms with Crippen molar-refractivity contribution in [2.24, 2.45) is 29.6 Å². The first kappa shape index (κ1) is 64.2. The fourth-order valence-corrected chi connectivity index (χ4v) is 10.5. The number of ether oxygens (including phenoxy) is 1. The smallest absolute Gasteiger partial charge is 0.332 e. The molecule has 0 aliphatic carbocycles. The lowest BCUT2D eigenvalue weighted by Crippen LogP contribution is -2.63. The van der Waals surface area contributed by atoms with Crippen molar-refractivity contribution in [2.45, 2.75) is 188 Å². The summed E-state index contributed by atoms with van der Waals surface area (Å²) in [6, 6.07) is 8.02. The Morgan fingerprint density at radius 2 is 1.10 bits per heavy atom. The van der Waals surface area contributed by atoms with Crippen LogP contribution < -0.4 is 21.3 Å². The average molecular weight is 1090 g/mol. The van der Waals surface area contributed by atoms with Gasteiger partial charge in [0.05, 0.1) is 5.60 Å². The highest BCUT2D eigenvalue weighted by Gasteiger charge is 2.47. The topological polar surface area (TPSA) is 244 Å². The number of amides is 8. The molecule has 5 N–H and O–H groups in total. The summed E-state index contributed by atoms with van der Waals surface area (Å²) in [5.74, 6) is -8.82. The molecule has 2 aromatic rings. The summed E-state index contributed by atoms with van der Waals surface area (Å²) < 4.78 is 6.08. The Morgan fingerprint density at radius 3 is 1.62 bits per heavy atom. The first-order valence-corrected chi connectivity index (χ1v) is 27.9. The summed E-state index contributed by atoms with van der Waals surface area (Å²) in [5, 5.41) is 23.2. The van der Waals surface area contributed by atoms with Gasteiger partial charge in [0, 0.05) is 46.4 Å². The maximum Gasteiger partial charge on any atom is 0.332 e. The number of nitrogens with zero attached hydrogens (tertiary/aromatic N) is 4. The number of carbonyl (C=O) groups excluding carboxylic acids is 9. The van der Waals surface area contributed by atoms with Crippen molar-refractivity contribution in [1.29, 1.82) is 0 Å². The SMILES string of the molecule is CC[C@@H](C)[C@@H]1NC(=O)[C@@H]2CCCN2C(=O)[C@H](Cc2ccccc2)N(C)C(=O)[C@H](Cc2ccccc2)NC(=O)[C@H](C(C)C)N(C)C(=O)[C@@H]([C@H](C)CC)OC(=O)[C@H](C(C)(C)O)N(C)C(=O)[C@H](CC(C)C)NC(=O)[C@H](C(C)C)NC1=O. The minimum Gasteiger partial charge on any atom is -0.450 e. The lowest BCUT2D eigenvalue weighted by Gasteiger charge is -2.39. The van der Waals surface area contributed by atoms with E-state index < -0.39 is 137 Å². The molecule has 19 nitrogen and oxygen atoms in total. The lowest BCUT2D eigenvalue weighted by atomic mass is 9.94. The highest BCUT2D eigenvalue weighted by Crippen LogP contribution is 2.27. The molecule has 11 atom stereocenters. The molecule has 432 valence electrons. The predicted octanol–water partition coefficient (Wildman–Crippen LogP) is 4.03. The maximum absolute atomic E-state index is 15.2. The van der Waals surface area contributed by atoms with E-state index in [0.29, 0.717) is 24.8 Å². The molecule has 4 rings (SSSR count). The van der Waals surface area contributed by atoms with Crippen LogP contribution in [0.1, 0.15) is 126 Å². The molecule has 19 heteroatoms. The van der Waals surface area contributed by atoms with Gasteiger partial charge in [-0.15, -0.1) is 0 Å². The predicted molar refractivity (Wildman–Crippen MR) is 297 cm³/mol. The molecule has 2 aliphatic rings. The maximum atomic E-state index is 15.2. The van der Waals surface area contributed by atoms with Gasteiger partial charge in [0.1, 0.15) is 42.3 Å². The molecular formula is C59H90N8O11. The molecule has 0 radical (unpaired) electrons. The second-order valence-electron chi connectivity index (χ2n) is 23.3. The van der Waals surface area contributed by atoms with Gasteiger partial charge in [-0.3, -0.25) is 38.4 Å². The van der Waals surface area contributed by atoms with Crippen molar-refractivity contribution in [3.8, 4) is 0 Å². The van der Waals surface area contributed by atoms with Gasteiger partial charge in [-0.2, -0.15) is 0 Å². The number of nitrogens with one attached hydrogen (secondary N) is 4. The molecule has 2 fully saturated rings. The van der Waals surface area contributed by atoms with Crippen LogP contribution in [0.5, 0.6) is 0 Å². The van der Waals surface area contributed by atoms with Crippen molar-refractivity contribution in [3.05, 3.63) is 71.8 Å². The van der Waals surface area contributed by atoms with E-state index in [9.17, 15) is 38.7 Å². The van der Waals surface area contributed by atoms with Crippen molar-refractivity contribution < 1.29 is 53.0 Å². The first-order valence-electron chi connectivity index (χ1n) is 27.9. The molecule has 2 aromatic carbocycles. The van der Waals surface area contributed by atoms with Gasteiger partial charge >= 0.3 is 5.97 Å². The van der Waals surface area contributed by atoms with Gasteiger partial charge in [-0.05, 0) is 74.3 Å². The fourth-order valence-electron chi connectivity index (χ4n) is 10.5. The number of cyclic esters (lactones) is 1. The molecule has 0 bridgehead atoms. The third-order valence-corrected chi connectivity index (χ3v) is 15.4. The summed E-state index contributed by atoms with van der Waals surface area (Å²) in [6.07, 6.45) is 0.0859. The molecule has 0 unspecified atom stereocenters. The minimum absolute atomic E-state index is 0.00717. The number of fused-ring (bicyclic) bond motifs is 1. The zero-order chi connectivity index (χ0) is 58.5. The van der Waals surface area contributed by atoms with E-state index in [1.54, 1.807) is 72.7 Å². The highest BCUT2D eigenvalue weighted by atomic mass is 16.6. The van der Waals surface area contributed by atoms with Gasteiger partial charge in [0.25, 0.3) is 5.91 Å². The third kappa shape index (κ3) is 16.3. The van der Waals surface area contributed by atoms with Gasteiger partial charge in [-0.1, -0.05) is 136 Å². The van der Waals surface area contributed by atoms with E-state index in [4.69, 9.17) is 4.74 Å². The van der Waals surface area contributed by atoms with E-state index in [2.05, 4.69) is 21.3 Å². The number of rotatable bonds is 13. The Morgan fingerprint density at radius 1 is 0.590 bits per heavy atom. The quantitative estimate of drug-likeness (QED) is 0.179. The van der Waals surface area contributed by atoms with E-state index in [0.717, 1.165) is 10.5 Å². The number of benzene rings is 2. The zero-order valence-electron chi connectivity index (χ0n) is 48.8. The fraction of sp³-hybridized carbons (Fsp3) is 0.644. The largest absolute Gasteiger partial charge is 0.450 e. The number of hydrogen-bond donors (Lipinski definition) is 5. The summed E-state index contributed by atoms with van der Waals surface area (Å²) in [6.45, 7) is 20.5. The van der Waals surface area contributed by atoms with E-state index in [-0.39, 0.29) is 38.1 Å². The highest BCUT2D eigenvalue weighted by molar-refractivity contribution is 5.99. The molecule has 2 saturated heterocycles. The summed E-state index contributed by atoms with van der Waals surface area (Å²) in [4.78, 5) is 138. The van der Waals surface area contributed by atoms with E-state index >= 15 is 9.59 Å². The van der Waals surface area contributed by atoms with Gasteiger partial charge in [0.2, 0.25) is 41.4 Å². The lowest BCUT2D eigenvalue weighted by molar-refractivity contribution is -0.177. The van der Waals surface area contributed by atoms with E-state index in [1.807, 2.05) is 57.2 Å². The summed E-state index contributed by atoms with van der Waals surface area (Å²) >= 11 is 0. The van der Waals surface area contributed by atoms with Crippen LogP contribution in [0.15, 0.2) is 60.7 Å². The molecule has 0 spiro atoms. The monoisotopic (exact) mass is 1090 g/mol. The van der Waals surface area contributed by atoms with Gasteiger partial charge < -0.3 is 50.7 Å². The van der Waals surface area contributed by atoms with Gasteiger partial charge in [-0.25, -0.2) is 4.79 Å². The molecule has 0 saturated carbocycles. The summed E-state index contributed by atoms with van der Waals surface area (Å²) in [7, 11) is 4.19. The number of aliphatic hydroxyl groups is 1. The molecule has 2 heterocycles. The number of carbonyl (C=O) groups is 9. The number of hydrogen-bond acceptors (Lipinski definition) is 11. The van der Waals surface area contributed by atoms with Crippen LogP contribution in [0.2, 0.25) is 0 Å². The van der Waals surface area contributed by atoms with Crippen molar-refractivity contribution >= 4 is 53.2 Å². The standard InChI is InChI=1S/C59H90N8O11/c1-16-37(9)46-52(70)62-45(35(5)6)51(69)60-41(31-34(3)4)55(73)66(15)49(59(11,12)77)58(76)78-48(38(10)17-2)57(75)65(14)47(36(7)8)53(71)61-42(32-39-25-20-18-21-26-39)54(72)64(13)44(33-40-27-22-19-23-28-40)56(74)67-30-24-29-43(67)50(68)63-46/h18-23,25-28,34-38,41-49,77H,16-17,24,29-33H2,1-15H3,(H,60,69)(H,61,71)(H,62,70)(H,63,68)/t37-,38-,41+,42+,43+,44+,45+,46+,47+,48-,49-/m1/s1. The van der Waals surface area contributed by atoms with Gasteiger partial charge in [0.15, 0.2) is 12.1 Å². The molecule has 78 heavy (non-hydrogen) atoms. The normalized spacial score (nSPS) is 26.6.